The monoisotopic (exact) mass is 248 g/mol. The minimum absolute atomic E-state index is 0.0639. The lowest BCUT2D eigenvalue weighted by molar-refractivity contribution is -0.135. The fourth-order valence-corrected chi connectivity index (χ4v) is 4.29. The smallest absolute Gasteiger partial charge is 0.333 e. The Kier molecular flexibility index (Phi) is 3.72. The Hall–Kier alpha value is -0.790. The zero-order valence-electron chi connectivity index (χ0n) is 11.2. The van der Waals surface area contributed by atoms with E-state index in [2.05, 4.69) is 6.08 Å². The molecular formula is C16H24O2. The van der Waals surface area contributed by atoms with E-state index in [0.717, 1.165) is 36.2 Å². The molecule has 3 atom stereocenters. The number of carbonyl (C=O) groups excluding carboxylic acids is 1. The van der Waals surface area contributed by atoms with Crippen LogP contribution in [0.4, 0.5) is 0 Å². The van der Waals surface area contributed by atoms with Gasteiger partial charge < -0.3 is 4.74 Å². The van der Waals surface area contributed by atoms with Crippen LogP contribution in [0.1, 0.15) is 57.8 Å². The van der Waals surface area contributed by atoms with Crippen LogP contribution in [0.3, 0.4) is 0 Å². The first-order chi connectivity index (χ1) is 8.84. The van der Waals surface area contributed by atoms with Gasteiger partial charge in [0.15, 0.2) is 0 Å². The molecule has 0 aromatic heterocycles. The Morgan fingerprint density at radius 1 is 1.11 bits per heavy atom. The molecule has 1 heterocycles. The minimum Gasteiger partial charge on any atom is -0.462 e. The highest BCUT2D eigenvalue weighted by Crippen LogP contribution is 2.45. The van der Waals surface area contributed by atoms with Gasteiger partial charge in [-0.15, -0.1) is 0 Å². The molecular weight excluding hydrogens is 224 g/mol. The highest BCUT2D eigenvalue weighted by atomic mass is 16.5. The van der Waals surface area contributed by atoms with Crippen LogP contribution in [-0.4, -0.2) is 12.6 Å². The molecule has 1 saturated heterocycles. The van der Waals surface area contributed by atoms with Crippen molar-refractivity contribution in [2.45, 2.75) is 57.8 Å². The number of ether oxygens (including phenoxy) is 1. The van der Waals surface area contributed by atoms with Gasteiger partial charge in [-0.2, -0.15) is 0 Å². The molecule has 2 saturated carbocycles. The molecule has 3 aliphatic rings. The summed E-state index contributed by atoms with van der Waals surface area (Å²) in [5, 5.41) is 0. The number of cyclic esters (lactones) is 1. The van der Waals surface area contributed by atoms with Crippen molar-refractivity contribution >= 4 is 5.97 Å². The molecule has 1 aliphatic heterocycles. The fourth-order valence-electron chi connectivity index (χ4n) is 4.29. The Labute approximate surface area is 110 Å². The van der Waals surface area contributed by atoms with Gasteiger partial charge in [0, 0.05) is 12.0 Å². The molecule has 100 valence electrons. The van der Waals surface area contributed by atoms with Crippen LogP contribution in [0.2, 0.25) is 0 Å². The maximum atomic E-state index is 11.4. The summed E-state index contributed by atoms with van der Waals surface area (Å²) >= 11 is 0. The highest BCUT2D eigenvalue weighted by molar-refractivity contribution is 5.90. The third-order valence-electron chi connectivity index (χ3n) is 5.26. The summed E-state index contributed by atoms with van der Waals surface area (Å²) in [4.78, 5) is 11.4. The lowest BCUT2D eigenvalue weighted by atomic mass is 9.64. The van der Waals surface area contributed by atoms with Crippen LogP contribution in [-0.2, 0) is 9.53 Å². The number of rotatable bonds is 2. The van der Waals surface area contributed by atoms with E-state index in [0.29, 0.717) is 6.61 Å². The summed E-state index contributed by atoms with van der Waals surface area (Å²) in [7, 11) is 0. The zero-order valence-corrected chi connectivity index (χ0v) is 11.2. The molecule has 0 spiro atoms. The minimum atomic E-state index is -0.0639. The molecule has 0 bridgehead atoms. The molecule has 18 heavy (non-hydrogen) atoms. The second-order valence-electron chi connectivity index (χ2n) is 6.25. The second-order valence-corrected chi connectivity index (χ2v) is 6.25. The Morgan fingerprint density at radius 3 is 2.78 bits per heavy atom. The molecule has 2 aliphatic carbocycles. The van der Waals surface area contributed by atoms with Crippen molar-refractivity contribution in [1.82, 2.24) is 0 Å². The van der Waals surface area contributed by atoms with Crippen molar-refractivity contribution in [3.63, 3.8) is 0 Å². The fraction of sp³-hybridized carbons (Fsp3) is 0.812. The highest BCUT2D eigenvalue weighted by Gasteiger charge is 2.34. The Morgan fingerprint density at radius 2 is 1.94 bits per heavy atom. The van der Waals surface area contributed by atoms with Gasteiger partial charge in [-0.3, -0.25) is 0 Å². The SMILES string of the molecule is O=C1OCC/C1=C\C[C@@H]1CCCC2CCCCC21. The molecule has 2 unspecified atom stereocenters. The number of fused-ring (bicyclic) bond motifs is 1. The van der Waals surface area contributed by atoms with E-state index in [4.69, 9.17) is 4.74 Å². The van der Waals surface area contributed by atoms with Gasteiger partial charge in [-0.1, -0.05) is 38.2 Å². The summed E-state index contributed by atoms with van der Waals surface area (Å²) in [6, 6.07) is 0. The van der Waals surface area contributed by atoms with Gasteiger partial charge in [-0.05, 0) is 37.0 Å². The summed E-state index contributed by atoms with van der Waals surface area (Å²) in [6.07, 6.45) is 14.1. The molecule has 0 N–H and O–H groups in total. The summed E-state index contributed by atoms with van der Waals surface area (Å²) in [5.41, 5.74) is 0.938. The maximum Gasteiger partial charge on any atom is 0.333 e. The molecule has 2 heteroatoms. The van der Waals surface area contributed by atoms with Crippen LogP contribution in [0.5, 0.6) is 0 Å². The predicted molar refractivity (Wildman–Crippen MR) is 71.1 cm³/mol. The summed E-state index contributed by atoms with van der Waals surface area (Å²) in [5.74, 6) is 2.71. The van der Waals surface area contributed by atoms with Crippen molar-refractivity contribution in [2.24, 2.45) is 17.8 Å². The number of allylic oxidation sites excluding steroid dienone is 1. The summed E-state index contributed by atoms with van der Waals surface area (Å²) < 4.78 is 5.00. The van der Waals surface area contributed by atoms with Crippen molar-refractivity contribution in [1.29, 1.82) is 0 Å². The van der Waals surface area contributed by atoms with Crippen LogP contribution < -0.4 is 0 Å². The average Bonchev–Trinajstić information content (AvgIpc) is 2.82. The van der Waals surface area contributed by atoms with Crippen molar-refractivity contribution in [2.75, 3.05) is 6.61 Å². The number of esters is 1. The van der Waals surface area contributed by atoms with E-state index in [-0.39, 0.29) is 5.97 Å². The van der Waals surface area contributed by atoms with Gasteiger partial charge in [0.1, 0.15) is 0 Å². The molecule has 0 radical (unpaired) electrons. The van der Waals surface area contributed by atoms with E-state index in [1.807, 2.05) is 0 Å². The van der Waals surface area contributed by atoms with E-state index in [1.54, 1.807) is 0 Å². The van der Waals surface area contributed by atoms with E-state index in [1.165, 1.54) is 44.9 Å². The lowest BCUT2D eigenvalue weighted by Gasteiger charge is -2.41. The van der Waals surface area contributed by atoms with Gasteiger partial charge in [-0.25, -0.2) is 4.79 Å². The van der Waals surface area contributed by atoms with Gasteiger partial charge in [0.05, 0.1) is 6.61 Å². The predicted octanol–water partition coefficient (Wildman–Crippen LogP) is 3.86. The van der Waals surface area contributed by atoms with E-state index >= 15 is 0 Å². The number of hydrogen-bond donors (Lipinski definition) is 0. The van der Waals surface area contributed by atoms with Crippen LogP contribution >= 0.6 is 0 Å². The first-order valence-corrected chi connectivity index (χ1v) is 7.71. The zero-order chi connectivity index (χ0) is 12.4. The van der Waals surface area contributed by atoms with Crippen molar-refractivity contribution < 1.29 is 9.53 Å². The van der Waals surface area contributed by atoms with Crippen LogP contribution in [0, 0.1) is 17.8 Å². The van der Waals surface area contributed by atoms with Gasteiger partial charge >= 0.3 is 5.97 Å². The molecule has 3 rings (SSSR count). The molecule has 2 nitrogen and oxygen atoms in total. The second kappa shape index (κ2) is 5.46. The molecule has 0 amide bonds. The van der Waals surface area contributed by atoms with Crippen LogP contribution in [0.25, 0.3) is 0 Å². The number of hydrogen-bond acceptors (Lipinski definition) is 2. The van der Waals surface area contributed by atoms with Crippen molar-refractivity contribution in [3.05, 3.63) is 11.6 Å². The van der Waals surface area contributed by atoms with Gasteiger partial charge in [0.25, 0.3) is 0 Å². The summed E-state index contributed by atoms with van der Waals surface area (Å²) in [6.45, 7) is 0.599. The maximum absolute atomic E-state index is 11.4. The molecule has 3 fully saturated rings. The Bertz CT molecular complexity index is 343. The first kappa shape index (κ1) is 12.3. The van der Waals surface area contributed by atoms with Gasteiger partial charge in [0.2, 0.25) is 0 Å². The lowest BCUT2D eigenvalue weighted by Crippen LogP contribution is -2.30. The Balaban J connectivity index is 1.62. The van der Waals surface area contributed by atoms with E-state index in [9.17, 15) is 4.79 Å². The average molecular weight is 248 g/mol. The van der Waals surface area contributed by atoms with Crippen LogP contribution in [0.15, 0.2) is 11.6 Å². The standard InChI is InChI=1S/C16H24O2/c17-16-14(10-11-18-16)9-8-13-6-3-5-12-4-1-2-7-15(12)13/h9,12-13,15H,1-8,10-11H2/b14-9+/t12?,13-,15?/m0/s1. The molecule has 0 aromatic rings. The number of carbonyl (C=O) groups is 1. The van der Waals surface area contributed by atoms with E-state index < -0.39 is 0 Å². The third-order valence-corrected chi connectivity index (χ3v) is 5.26. The normalized spacial score (nSPS) is 38.6. The third kappa shape index (κ3) is 2.48. The first-order valence-electron chi connectivity index (χ1n) is 7.71. The topological polar surface area (TPSA) is 26.3 Å². The van der Waals surface area contributed by atoms with Crippen molar-refractivity contribution in [3.8, 4) is 0 Å². The largest absolute Gasteiger partial charge is 0.462 e. The molecule has 0 aromatic carbocycles. The quantitative estimate of drug-likeness (QED) is 0.548.